The van der Waals surface area contributed by atoms with Crippen LogP contribution in [0.15, 0.2) is 42.5 Å². The van der Waals surface area contributed by atoms with Gasteiger partial charge in [-0.15, -0.1) is 0 Å². The lowest BCUT2D eigenvalue weighted by Crippen LogP contribution is -2.02. The topological polar surface area (TPSA) is 35.2 Å². The molecule has 0 fully saturated rings. The van der Waals surface area contributed by atoms with Gasteiger partial charge in [-0.2, -0.15) is 0 Å². The number of nitrogens with two attached hydrogens (primary N) is 1. The molecule has 0 heterocycles. The Bertz CT molecular complexity index is 523. The average molecular weight is 353 g/mol. The van der Waals surface area contributed by atoms with E-state index in [9.17, 15) is 0 Å². The number of halogens is 1. The molecule has 0 aromatic heterocycles. The fraction of sp³-hybridized carbons (Fsp3) is 0.200. The molecule has 2 rings (SSSR count). The van der Waals surface area contributed by atoms with Crippen molar-refractivity contribution in [3.05, 3.63) is 57.2 Å². The van der Waals surface area contributed by atoms with Gasteiger partial charge in [0.1, 0.15) is 11.5 Å². The highest BCUT2D eigenvalue weighted by Crippen LogP contribution is 2.26. The largest absolute Gasteiger partial charge is 0.457 e. The zero-order valence-electron chi connectivity index (χ0n) is 10.3. The molecule has 0 spiro atoms. The second-order valence-corrected chi connectivity index (χ2v) is 5.44. The van der Waals surface area contributed by atoms with E-state index in [0.717, 1.165) is 23.5 Å². The van der Waals surface area contributed by atoms with Crippen LogP contribution in [0.2, 0.25) is 0 Å². The maximum absolute atomic E-state index is 5.86. The van der Waals surface area contributed by atoms with Gasteiger partial charge in [-0.05, 0) is 83.9 Å². The van der Waals surface area contributed by atoms with Gasteiger partial charge < -0.3 is 10.5 Å². The summed E-state index contributed by atoms with van der Waals surface area (Å²) < 4.78 is 7.07. The van der Waals surface area contributed by atoms with Crippen LogP contribution in [0.1, 0.15) is 11.1 Å². The Balaban J connectivity index is 2.16. The zero-order chi connectivity index (χ0) is 13.0. The van der Waals surface area contributed by atoms with Gasteiger partial charge in [-0.25, -0.2) is 0 Å². The first kappa shape index (κ1) is 13.4. The van der Waals surface area contributed by atoms with Gasteiger partial charge >= 0.3 is 0 Å². The number of rotatable bonds is 4. The quantitative estimate of drug-likeness (QED) is 0.847. The van der Waals surface area contributed by atoms with E-state index in [1.165, 1.54) is 9.13 Å². The summed E-state index contributed by atoms with van der Waals surface area (Å²) in [6.45, 7) is 2.73. The molecule has 2 nitrogen and oxygen atoms in total. The van der Waals surface area contributed by atoms with Gasteiger partial charge in [0, 0.05) is 3.57 Å². The van der Waals surface area contributed by atoms with Crippen LogP contribution in [0.3, 0.4) is 0 Å². The molecule has 0 atom stereocenters. The maximum atomic E-state index is 5.86. The molecule has 18 heavy (non-hydrogen) atoms. The van der Waals surface area contributed by atoms with Gasteiger partial charge in [-0.3, -0.25) is 0 Å². The first-order valence-corrected chi connectivity index (χ1v) is 7.00. The minimum absolute atomic E-state index is 0.677. The van der Waals surface area contributed by atoms with Gasteiger partial charge in [0.25, 0.3) is 0 Å². The van der Waals surface area contributed by atoms with E-state index in [4.69, 9.17) is 10.5 Å². The standard InChI is InChI=1S/C15H16INO/c1-11-10-12(8-9-17)2-7-15(11)18-14-5-3-13(16)4-6-14/h2-7,10H,8-9,17H2,1H3. The van der Waals surface area contributed by atoms with Crippen LogP contribution in [0.25, 0.3) is 0 Å². The van der Waals surface area contributed by atoms with Crippen molar-refractivity contribution in [1.29, 1.82) is 0 Å². The Kier molecular flexibility index (Phi) is 4.60. The molecule has 94 valence electrons. The lowest BCUT2D eigenvalue weighted by atomic mass is 10.1. The number of benzene rings is 2. The highest BCUT2D eigenvalue weighted by molar-refractivity contribution is 14.1. The molecule has 0 saturated carbocycles. The third-order valence-corrected chi connectivity index (χ3v) is 3.43. The molecule has 3 heteroatoms. The molecule has 0 aliphatic carbocycles. The molecule has 2 aromatic rings. The van der Waals surface area contributed by atoms with Crippen molar-refractivity contribution in [2.75, 3.05) is 6.54 Å². The highest BCUT2D eigenvalue weighted by Gasteiger charge is 2.02. The van der Waals surface area contributed by atoms with Gasteiger partial charge in [0.05, 0.1) is 0 Å². The van der Waals surface area contributed by atoms with E-state index < -0.39 is 0 Å². The maximum Gasteiger partial charge on any atom is 0.130 e. The summed E-state index contributed by atoms with van der Waals surface area (Å²) in [6.07, 6.45) is 0.907. The summed E-state index contributed by atoms with van der Waals surface area (Å²) in [5.41, 5.74) is 7.95. The Morgan fingerprint density at radius 1 is 1.11 bits per heavy atom. The second-order valence-electron chi connectivity index (χ2n) is 4.19. The monoisotopic (exact) mass is 353 g/mol. The summed E-state index contributed by atoms with van der Waals surface area (Å²) in [4.78, 5) is 0. The van der Waals surface area contributed by atoms with Crippen LogP contribution in [0, 0.1) is 10.5 Å². The molecular weight excluding hydrogens is 337 g/mol. The van der Waals surface area contributed by atoms with Gasteiger partial charge in [0.2, 0.25) is 0 Å². The van der Waals surface area contributed by atoms with E-state index in [0.29, 0.717) is 6.54 Å². The minimum atomic E-state index is 0.677. The molecule has 0 unspecified atom stereocenters. The summed E-state index contributed by atoms with van der Waals surface area (Å²) in [7, 11) is 0. The highest BCUT2D eigenvalue weighted by atomic mass is 127. The molecule has 0 aliphatic heterocycles. The minimum Gasteiger partial charge on any atom is -0.457 e. The molecule has 0 aliphatic rings. The number of hydrogen-bond acceptors (Lipinski definition) is 2. The number of ether oxygens (including phenoxy) is 1. The first-order valence-electron chi connectivity index (χ1n) is 5.92. The molecule has 2 N–H and O–H groups in total. The average Bonchev–Trinajstić information content (AvgIpc) is 2.36. The van der Waals surface area contributed by atoms with Crippen molar-refractivity contribution in [2.24, 2.45) is 5.73 Å². The fourth-order valence-corrected chi connectivity index (χ4v) is 2.14. The lowest BCUT2D eigenvalue weighted by molar-refractivity contribution is 0.478. The predicted octanol–water partition coefficient (Wildman–Crippen LogP) is 3.89. The third-order valence-electron chi connectivity index (χ3n) is 2.71. The normalized spacial score (nSPS) is 10.4. The van der Waals surface area contributed by atoms with Crippen LogP contribution in [-0.4, -0.2) is 6.54 Å². The summed E-state index contributed by atoms with van der Waals surface area (Å²) >= 11 is 2.28. The van der Waals surface area contributed by atoms with Crippen molar-refractivity contribution in [3.8, 4) is 11.5 Å². The molecule has 0 amide bonds. The van der Waals surface area contributed by atoms with Gasteiger partial charge in [0.15, 0.2) is 0 Å². The van der Waals surface area contributed by atoms with E-state index >= 15 is 0 Å². The van der Waals surface area contributed by atoms with Crippen molar-refractivity contribution in [3.63, 3.8) is 0 Å². The third kappa shape index (κ3) is 3.46. The molecule has 0 saturated heterocycles. The van der Waals surface area contributed by atoms with E-state index in [2.05, 4.69) is 41.6 Å². The van der Waals surface area contributed by atoms with Crippen molar-refractivity contribution in [2.45, 2.75) is 13.3 Å². The van der Waals surface area contributed by atoms with Crippen LogP contribution < -0.4 is 10.5 Å². The summed E-state index contributed by atoms with van der Waals surface area (Å²) in [6, 6.07) is 14.3. The first-order chi connectivity index (χ1) is 8.69. The molecular formula is C15H16INO. The van der Waals surface area contributed by atoms with Gasteiger partial charge in [-0.1, -0.05) is 12.1 Å². The molecule has 2 aromatic carbocycles. The summed E-state index contributed by atoms with van der Waals surface area (Å²) in [5, 5.41) is 0. The van der Waals surface area contributed by atoms with Crippen molar-refractivity contribution < 1.29 is 4.74 Å². The number of aryl methyl sites for hydroxylation is 1. The van der Waals surface area contributed by atoms with Crippen molar-refractivity contribution in [1.82, 2.24) is 0 Å². The van der Waals surface area contributed by atoms with Crippen LogP contribution in [0.4, 0.5) is 0 Å². The second kappa shape index (κ2) is 6.20. The lowest BCUT2D eigenvalue weighted by Gasteiger charge is -2.10. The Labute approximate surface area is 121 Å². The van der Waals surface area contributed by atoms with E-state index in [1.54, 1.807) is 0 Å². The summed E-state index contributed by atoms with van der Waals surface area (Å²) in [5.74, 6) is 1.77. The SMILES string of the molecule is Cc1cc(CCN)ccc1Oc1ccc(I)cc1. The Hall–Kier alpha value is -1.07. The van der Waals surface area contributed by atoms with E-state index in [-0.39, 0.29) is 0 Å². The zero-order valence-corrected chi connectivity index (χ0v) is 12.5. The molecule has 0 radical (unpaired) electrons. The fourth-order valence-electron chi connectivity index (χ4n) is 1.78. The number of hydrogen-bond donors (Lipinski definition) is 1. The van der Waals surface area contributed by atoms with E-state index in [1.807, 2.05) is 30.3 Å². The van der Waals surface area contributed by atoms with Crippen LogP contribution in [0.5, 0.6) is 11.5 Å². The van der Waals surface area contributed by atoms with Crippen LogP contribution in [-0.2, 0) is 6.42 Å². The van der Waals surface area contributed by atoms with Crippen molar-refractivity contribution >= 4 is 22.6 Å². The van der Waals surface area contributed by atoms with Crippen LogP contribution >= 0.6 is 22.6 Å². The Morgan fingerprint density at radius 2 is 1.83 bits per heavy atom. The predicted molar refractivity (Wildman–Crippen MR) is 83.2 cm³/mol. The molecule has 0 bridgehead atoms. The smallest absolute Gasteiger partial charge is 0.130 e. The Morgan fingerprint density at radius 3 is 2.44 bits per heavy atom.